The molecule has 2 heterocycles. The molecule has 7 heteroatoms. The van der Waals surface area contributed by atoms with Gasteiger partial charge in [-0.3, -0.25) is 4.79 Å². The van der Waals surface area contributed by atoms with Gasteiger partial charge in [0.15, 0.2) is 11.6 Å². The first kappa shape index (κ1) is 14.5. The van der Waals surface area contributed by atoms with E-state index in [-0.39, 0.29) is 30.4 Å². The monoisotopic (exact) mass is 317 g/mol. The first-order valence-corrected chi connectivity index (χ1v) is 7.06. The molecule has 3 atom stereocenters. The fourth-order valence-corrected chi connectivity index (χ4v) is 3.29. The van der Waals surface area contributed by atoms with Crippen molar-refractivity contribution in [3.8, 4) is 5.75 Å². The maximum atomic E-state index is 14.0. The number of rotatable bonds is 1. The van der Waals surface area contributed by atoms with Crippen molar-refractivity contribution >= 4 is 17.5 Å². The highest BCUT2D eigenvalue weighted by Crippen LogP contribution is 2.47. The molecule has 2 aliphatic heterocycles. The van der Waals surface area contributed by atoms with Gasteiger partial charge in [-0.05, 0) is 13.0 Å². The highest BCUT2D eigenvalue weighted by molar-refractivity contribution is 6.31. The maximum absolute atomic E-state index is 14.0. The quantitative estimate of drug-likeness (QED) is 0.807. The second-order valence-electron chi connectivity index (χ2n) is 5.46. The molecule has 1 amide bonds. The smallest absolute Gasteiger partial charge is 0.248 e. The predicted molar refractivity (Wildman–Crippen MR) is 71.4 cm³/mol. The Morgan fingerprint density at radius 3 is 2.95 bits per heavy atom. The van der Waals surface area contributed by atoms with Gasteiger partial charge in [0.05, 0.1) is 0 Å². The van der Waals surface area contributed by atoms with Crippen LogP contribution in [0.25, 0.3) is 0 Å². The molecular weight excluding hydrogens is 304 g/mol. The van der Waals surface area contributed by atoms with E-state index in [1.54, 1.807) is 0 Å². The van der Waals surface area contributed by atoms with Gasteiger partial charge in [-0.15, -0.1) is 0 Å². The number of hydrogen-bond donors (Lipinski definition) is 1. The summed E-state index contributed by atoms with van der Waals surface area (Å²) in [6.07, 6.45) is 0.175. The topological polar surface area (TPSA) is 49.8 Å². The number of nitrogens with zero attached hydrogens (tertiary/aromatic N) is 1. The van der Waals surface area contributed by atoms with Crippen molar-refractivity contribution in [1.29, 1.82) is 0 Å². The number of ether oxygens (including phenoxy) is 1. The molecule has 0 spiro atoms. The standard InChI is InChI=1S/C14H14ClF2NO3/c1-6-2-10-8(4-18(6)11(20)5-19)7-3-9(16)12(15)13(17)14(7)21-10/h3,6,8,10,19H,2,4-5H2,1H3/t6-,8?,10?/m1/s1. The Morgan fingerprint density at radius 1 is 1.57 bits per heavy atom. The first-order valence-electron chi connectivity index (χ1n) is 6.68. The number of aliphatic hydroxyl groups excluding tert-OH is 1. The van der Waals surface area contributed by atoms with Gasteiger partial charge >= 0.3 is 0 Å². The van der Waals surface area contributed by atoms with E-state index in [4.69, 9.17) is 21.4 Å². The molecule has 3 rings (SSSR count). The van der Waals surface area contributed by atoms with Gasteiger partial charge in [0, 0.05) is 30.5 Å². The second-order valence-corrected chi connectivity index (χ2v) is 5.83. The Balaban J connectivity index is 1.98. The van der Waals surface area contributed by atoms with Gasteiger partial charge in [0.1, 0.15) is 23.6 Å². The lowest BCUT2D eigenvalue weighted by atomic mass is 9.86. The number of fused-ring (bicyclic) bond motifs is 3. The summed E-state index contributed by atoms with van der Waals surface area (Å²) in [5.41, 5.74) is 0.391. The van der Waals surface area contributed by atoms with Crippen molar-refractivity contribution in [2.24, 2.45) is 0 Å². The number of likely N-dealkylation sites (tertiary alicyclic amines) is 1. The number of halogens is 3. The van der Waals surface area contributed by atoms with Gasteiger partial charge in [-0.25, -0.2) is 8.78 Å². The van der Waals surface area contributed by atoms with E-state index in [0.29, 0.717) is 12.0 Å². The average molecular weight is 318 g/mol. The number of benzene rings is 1. The van der Waals surface area contributed by atoms with E-state index < -0.39 is 29.2 Å². The third-order valence-electron chi connectivity index (χ3n) is 4.22. The van der Waals surface area contributed by atoms with Gasteiger partial charge in [0.2, 0.25) is 5.91 Å². The summed E-state index contributed by atoms with van der Waals surface area (Å²) in [5, 5.41) is 8.43. The minimum absolute atomic E-state index is 0.0260. The summed E-state index contributed by atoms with van der Waals surface area (Å²) in [5.74, 6) is -2.47. The first-order chi connectivity index (χ1) is 9.93. The molecule has 0 saturated carbocycles. The van der Waals surface area contributed by atoms with Crippen molar-refractivity contribution in [3.63, 3.8) is 0 Å². The molecule has 1 aromatic rings. The van der Waals surface area contributed by atoms with Crippen LogP contribution in [0.5, 0.6) is 5.75 Å². The number of aliphatic hydroxyl groups is 1. The SMILES string of the molecule is C[C@@H]1CC2Oc3c(cc(F)c(Cl)c3F)C2CN1C(=O)CO. The molecular formula is C14H14ClF2NO3. The largest absolute Gasteiger partial charge is 0.486 e. The van der Waals surface area contributed by atoms with Crippen LogP contribution in [0, 0.1) is 11.6 Å². The third-order valence-corrected chi connectivity index (χ3v) is 4.56. The number of carbonyl (C=O) groups excluding carboxylic acids is 1. The lowest BCUT2D eigenvalue weighted by molar-refractivity contribution is -0.139. The van der Waals surface area contributed by atoms with Crippen LogP contribution < -0.4 is 4.74 Å². The Hall–Kier alpha value is -1.40. The molecule has 114 valence electrons. The van der Waals surface area contributed by atoms with E-state index in [0.717, 1.165) is 0 Å². The number of piperidine rings is 1. The fourth-order valence-electron chi connectivity index (χ4n) is 3.15. The molecule has 0 bridgehead atoms. The van der Waals surface area contributed by atoms with Gasteiger partial charge in [-0.2, -0.15) is 0 Å². The summed E-state index contributed by atoms with van der Waals surface area (Å²) in [4.78, 5) is 13.2. The Morgan fingerprint density at radius 2 is 2.29 bits per heavy atom. The fraction of sp³-hybridized carbons (Fsp3) is 0.500. The van der Waals surface area contributed by atoms with E-state index in [2.05, 4.69) is 0 Å². The summed E-state index contributed by atoms with van der Waals surface area (Å²) in [6.45, 7) is 1.51. The summed E-state index contributed by atoms with van der Waals surface area (Å²) >= 11 is 5.56. The number of carbonyl (C=O) groups is 1. The van der Waals surface area contributed by atoms with Crippen molar-refractivity contribution < 1.29 is 23.4 Å². The summed E-state index contributed by atoms with van der Waals surface area (Å²) in [7, 11) is 0. The molecule has 1 N–H and O–H groups in total. The van der Waals surface area contributed by atoms with Crippen molar-refractivity contribution in [1.82, 2.24) is 4.90 Å². The molecule has 0 aliphatic carbocycles. The zero-order chi connectivity index (χ0) is 15.3. The molecule has 21 heavy (non-hydrogen) atoms. The lowest BCUT2D eigenvalue weighted by Crippen LogP contribution is -2.50. The van der Waals surface area contributed by atoms with Gasteiger partial charge in [0.25, 0.3) is 0 Å². The Bertz CT molecular complexity index is 610. The highest BCUT2D eigenvalue weighted by atomic mass is 35.5. The van der Waals surface area contributed by atoms with Crippen molar-refractivity contribution in [2.45, 2.75) is 31.4 Å². The average Bonchev–Trinajstić information content (AvgIpc) is 2.81. The zero-order valence-corrected chi connectivity index (χ0v) is 12.0. The summed E-state index contributed by atoms with van der Waals surface area (Å²) in [6, 6.07) is 1.03. The maximum Gasteiger partial charge on any atom is 0.248 e. The van der Waals surface area contributed by atoms with Crippen LogP contribution in [0.2, 0.25) is 5.02 Å². The third kappa shape index (κ3) is 2.17. The van der Waals surface area contributed by atoms with Crippen molar-refractivity contribution in [2.75, 3.05) is 13.2 Å². The van der Waals surface area contributed by atoms with Crippen LogP contribution in [0.15, 0.2) is 6.07 Å². The minimum Gasteiger partial charge on any atom is -0.486 e. The van der Waals surface area contributed by atoms with Gasteiger partial charge < -0.3 is 14.7 Å². The number of amides is 1. The Kier molecular flexibility index (Phi) is 3.53. The Labute approximate surface area is 125 Å². The molecule has 1 fully saturated rings. The lowest BCUT2D eigenvalue weighted by Gasteiger charge is -2.39. The van der Waals surface area contributed by atoms with Crippen LogP contribution in [-0.2, 0) is 4.79 Å². The highest BCUT2D eigenvalue weighted by Gasteiger charge is 2.44. The summed E-state index contributed by atoms with van der Waals surface area (Å²) < 4.78 is 33.2. The molecule has 4 nitrogen and oxygen atoms in total. The molecule has 0 radical (unpaired) electrons. The molecule has 1 aromatic carbocycles. The minimum atomic E-state index is -0.895. The van der Waals surface area contributed by atoms with Crippen LogP contribution >= 0.6 is 11.6 Å². The molecule has 1 saturated heterocycles. The van der Waals surface area contributed by atoms with Crippen LogP contribution in [0.4, 0.5) is 8.78 Å². The van der Waals surface area contributed by atoms with E-state index in [1.165, 1.54) is 11.0 Å². The predicted octanol–water partition coefficient (Wildman–Crippen LogP) is 2.08. The van der Waals surface area contributed by atoms with Crippen LogP contribution in [0.1, 0.15) is 24.8 Å². The molecule has 0 aromatic heterocycles. The van der Waals surface area contributed by atoms with E-state index in [9.17, 15) is 13.6 Å². The van der Waals surface area contributed by atoms with Crippen molar-refractivity contribution in [3.05, 3.63) is 28.3 Å². The van der Waals surface area contributed by atoms with Crippen LogP contribution in [-0.4, -0.2) is 41.2 Å². The molecule has 2 aliphatic rings. The zero-order valence-electron chi connectivity index (χ0n) is 11.3. The second kappa shape index (κ2) is 5.10. The van der Waals surface area contributed by atoms with Crippen LogP contribution in [0.3, 0.4) is 0 Å². The van der Waals surface area contributed by atoms with E-state index in [1.807, 2.05) is 6.92 Å². The van der Waals surface area contributed by atoms with E-state index >= 15 is 0 Å². The molecule has 2 unspecified atom stereocenters. The normalized spacial score (nSPS) is 27.1. The van der Waals surface area contributed by atoms with Gasteiger partial charge in [-0.1, -0.05) is 11.6 Å². The number of hydrogen-bond acceptors (Lipinski definition) is 3.